The first-order valence-corrected chi connectivity index (χ1v) is 15.3. The van der Waals surface area contributed by atoms with Crippen LogP contribution in [0.1, 0.15) is 44.2 Å². The summed E-state index contributed by atoms with van der Waals surface area (Å²) in [6, 6.07) is 24.2. The Labute approximate surface area is 243 Å². The largest absolute Gasteiger partial charge is 0.352 e. The van der Waals surface area contributed by atoms with E-state index in [-0.39, 0.29) is 42.3 Å². The molecule has 0 saturated heterocycles. The molecule has 7 nitrogen and oxygen atoms in total. The second-order valence-electron chi connectivity index (χ2n) is 9.92. The van der Waals surface area contributed by atoms with Crippen molar-refractivity contribution in [2.45, 2.75) is 63.1 Å². The summed E-state index contributed by atoms with van der Waals surface area (Å²) in [5, 5.41) is 3.59. The SMILES string of the molecule is CC[C@@H](C)NC(=O)[C@@H](Cc1ccccc1)N(Cc1cccc(Cl)c1)C(=O)CCCN(C)S(=O)(=O)c1ccccc1. The molecular formula is C31H38ClN3O4S. The summed E-state index contributed by atoms with van der Waals surface area (Å²) in [5.74, 6) is -0.455. The molecule has 0 aliphatic carbocycles. The normalized spacial score (nSPS) is 13.0. The molecule has 0 radical (unpaired) electrons. The van der Waals surface area contributed by atoms with Crippen molar-refractivity contribution in [1.82, 2.24) is 14.5 Å². The van der Waals surface area contributed by atoms with Crippen molar-refractivity contribution in [3.8, 4) is 0 Å². The third-order valence-electron chi connectivity index (χ3n) is 6.83. The van der Waals surface area contributed by atoms with Crippen LogP contribution in [0.2, 0.25) is 5.02 Å². The zero-order valence-electron chi connectivity index (χ0n) is 23.3. The van der Waals surface area contributed by atoms with E-state index in [1.165, 1.54) is 11.4 Å². The highest BCUT2D eigenvalue weighted by Gasteiger charge is 2.31. The summed E-state index contributed by atoms with van der Waals surface area (Å²) < 4.78 is 27.1. The lowest BCUT2D eigenvalue weighted by Crippen LogP contribution is -2.52. The van der Waals surface area contributed by atoms with Gasteiger partial charge in [-0.05, 0) is 55.2 Å². The van der Waals surface area contributed by atoms with Gasteiger partial charge in [-0.15, -0.1) is 0 Å². The Balaban J connectivity index is 1.83. The quantitative estimate of drug-likeness (QED) is 0.279. The van der Waals surface area contributed by atoms with Crippen LogP contribution in [-0.4, -0.2) is 55.1 Å². The second-order valence-corrected chi connectivity index (χ2v) is 12.4. The number of benzene rings is 3. The minimum atomic E-state index is -3.67. The van der Waals surface area contributed by atoms with Crippen molar-refractivity contribution in [1.29, 1.82) is 0 Å². The molecule has 40 heavy (non-hydrogen) atoms. The first kappa shape index (κ1) is 31.3. The molecule has 2 atom stereocenters. The molecule has 2 amide bonds. The van der Waals surface area contributed by atoms with Crippen LogP contribution in [0, 0.1) is 0 Å². The van der Waals surface area contributed by atoms with Crippen molar-refractivity contribution in [3.63, 3.8) is 0 Å². The van der Waals surface area contributed by atoms with Gasteiger partial charge < -0.3 is 10.2 Å². The lowest BCUT2D eigenvalue weighted by molar-refractivity contribution is -0.141. The summed E-state index contributed by atoms with van der Waals surface area (Å²) in [5.41, 5.74) is 1.74. The number of amides is 2. The summed E-state index contributed by atoms with van der Waals surface area (Å²) in [6.45, 7) is 4.29. The van der Waals surface area contributed by atoms with E-state index >= 15 is 0 Å². The minimum absolute atomic E-state index is 0.0502. The second kappa shape index (κ2) is 15.0. The van der Waals surface area contributed by atoms with Crippen LogP contribution in [0.25, 0.3) is 0 Å². The highest BCUT2D eigenvalue weighted by molar-refractivity contribution is 7.89. The van der Waals surface area contributed by atoms with Crippen LogP contribution in [0.4, 0.5) is 0 Å². The maximum Gasteiger partial charge on any atom is 0.243 e. The number of halogens is 1. The molecule has 0 unspecified atom stereocenters. The van der Waals surface area contributed by atoms with E-state index in [9.17, 15) is 18.0 Å². The van der Waals surface area contributed by atoms with Gasteiger partial charge in [0.1, 0.15) is 6.04 Å². The van der Waals surface area contributed by atoms with Crippen molar-refractivity contribution >= 4 is 33.4 Å². The summed E-state index contributed by atoms with van der Waals surface area (Å²) >= 11 is 6.23. The first-order chi connectivity index (χ1) is 19.1. The number of hydrogen-bond acceptors (Lipinski definition) is 4. The highest BCUT2D eigenvalue weighted by Crippen LogP contribution is 2.20. The predicted octanol–water partition coefficient (Wildman–Crippen LogP) is 5.30. The van der Waals surface area contributed by atoms with Crippen LogP contribution >= 0.6 is 11.6 Å². The lowest BCUT2D eigenvalue weighted by atomic mass is 10.0. The number of rotatable bonds is 14. The standard InChI is InChI=1S/C31H38ClN3O4S/c1-4-24(2)33-31(37)29(22-25-13-7-5-8-14-25)35(23-26-15-11-16-27(32)21-26)30(36)19-12-20-34(3)40(38,39)28-17-9-6-10-18-28/h5-11,13-18,21,24,29H,4,12,19-20,22-23H2,1-3H3,(H,33,37)/t24-,29-/m1/s1. The Morgan fingerprint density at radius 3 is 2.17 bits per heavy atom. The predicted molar refractivity (Wildman–Crippen MR) is 159 cm³/mol. The number of sulfonamides is 1. The lowest BCUT2D eigenvalue weighted by Gasteiger charge is -2.32. The van der Waals surface area contributed by atoms with E-state index in [1.54, 1.807) is 47.4 Å². The third-order valence-corrected chi connectivity index (χ3v) is 8.94. The maximum absolute atomic E-state index is 13.8. The zero-order valence-corrected chi connectivity index (χ0v) is 24.9. The van der Waals surface area contributed by atoms with Crippen LogP contribution in [0.15, 0.2) is 89.8 Å². The zero-order chi connectivity index (χ0) is 29.1. The monoisotopic (exact) mass is 583 g/mol. The van der Waals surface area contributed by atoms with Crippen molar-refractivity contribution in [3.05, 3.63) is 101 Å². The van der Waals surface area contributed by atoms with Gasteiger partial charge in [0.25, 0.3) is 0 Å². The number of nitrogens with one attached hydrogen (secondary N) is 1. The molecule has 9 heteroatoms. The van der Waals surface area contributed by atoms with Gasteiger partial charge in [0.2, 0.25) is 21.8 Å². The Bertz CT molecular complexity index is 1350. The van der Waals surface area contributed by atoms with Crippen LogP contribution in [-0.2, 0) is 32.6 Å². The van der Waals surface area contributed by atoms with Gasteiger partial charge in [0.05, 0.1) is 4.90 Å². The fourth-order valence-electron chi connectivity index (χ4n) is 4.32. The Kier molecular flexibility index (Phi) is 11.7. The van der Waals surface area contributed by atoms with Gasteiger partial charge in [-0.1, -0.05) is 79.2 Å². The molecule has 0 aromatic heterocycles. The molecule has 0 spiro atoms. The molecule has 214 valence electrons. The number of carbonyl (C=O) groups is 2. The summed E-state index contributed by atoms with van der Waals surface area (Å²) in [7, 11) is -2.16. The number of hydrogen-bond donors (Lipinski definition) is 1. The molecule has 0 saturated carbocycles. The van der Waals surface area contributed by atoms with E-state index in [0.717, 1.165) is 17.5 Å². The number of nitrogens with zero attached hydrogens (tertiary/aromatic N) is 2. The van der Waals surface area contributed by atoms with Crippen LogP contribution < -0.4 is 5.32 Å². The maximum atomic E-state index is 13.8. The van der Waals surface area contributed by atoms with E-state index in [1.807, 2.05) is 56.3 Å². The van der Waals surface area contributed by atoms with Gasteiger partial charge in [0, 0.05) is 44.0 Å². The molecule has 0 fully saturated rings. The Hall–Kier alpha value is -3.20. The van der Waals surface area contributed by atoms with Crippen LogP contribution in [0.3, 0.4) is 0 Å². The third kappa shape index (κ3) is 8.91. The molecule has 1 N–H and O–H groups in total. The van der Waals surface area contributed by atoms with E-state index in [2.05, 4.69) is 5.32 Å². The van der Waals surface area contributed by atoms with E-state index < -0.39 is 16.1 Å². The first-order valence-electron chi connectivity index (χ1n) is 13.5. The van der Waals surface area contributed by atoms with Gasteiger partial charge in [-0.25, -0.2) is 12.7 Å². The van der Waals surface area contributed by atoms with Gasteiger partial charge in [0.15, 0.2) is 0 Å². The average molecular weight is 584 g/mol. The van der Waals surface area contributed by atoms with Crippen molar-refractivity contribution in [2.24, 2.45) is 0 Å². The van der Waals surface area contributed by atoms with Gasteiger partial charge in [-0.2, -0.15) is 0 Å². The Morgan fingerprint density at radius 2 is 1.55 bits per heavy atom. The fourth-order valence-corrected chi connectivity index (χ4v) is 5.76. The summed E-state index contributed by atoms with van der Waals surface area (Å²) in [6.07, 6.45) is 1.49. The molecule has 0 aliphatic heterocycles. The smallest absolute Gasteiger partial charge is 0.243 e. The van der Waals surface area contributed by atoms with Crippen molar-refractivity contribution in [2.75, 3.05) is 13.6 Å². The fraction of sp³-hybridized carbons (Fsp3) is 0.355. The van der Waals surface area contributed by atoms with E-state index in [4.69, 9.17) is 11.6 Å². The van der Waals surface area contributed by atoms with Gasteiger partial charge >= 0.3 is 0 Å². The minimum Gasteiger partial charge on any atom is -0.352 e. The van der Waals surface area contributed by atoms with E-state index in [0.29, 0.717) is 17.9 Å². The Morgan fingerprint density at radius 1 is 0.925 bits per heavy atom. The molecular weight excluding hydrogens is 546 g/mol. The molecule has 0 aliphatic rings. The molecule has 3 rings (SSSR count). The molecule has 0 bridgehead atoms. The average Bonchev–Trinajstić information content (AvgIpc) is 2.95. The summed E-state index contributed by atoms with van der Waals surface area (Å²) in [4.78, 5) is 29.1. The molecule has 0 heterocycles. The molecule has 3 aromatic rings. The topological polar surface area (TPSA) is 86.8 Å². The van der Waals surface area contributed by atoms with Crippen molar-refractivity contribution < 1.29 is 18.0 Å². The molecule has 3 aromatic carbocycles. The van der Waals surface area contributed by atoms with Gasteiger partial charge in [-0.3, -0.25) is 9.59 Å². The van der Waals surface area contributed by atoms with Crippen LogP contribution in [0.5, 0.6) is 0 Å². The number of carbonyl (C=O) groups excluding carboxylic acids is 2. The highest BCUT2D eigenvalue weighted by atomic mass is 35.5.